The Bertz CT molecular complexity index is 702. The number of nitrogens with one attached hydrogen (secondary N) is 1. The molecule has 1 heterocycles. The van der Waals surface area contributed by atoms with Crippen molar-refractivity contribution in [1.82, 2.24) is 9.97 Å². The summed E-state index contributed by atoms with van der Waals surface area (Å²) in [6.07, 6.45) is 5.54. The van der Waals surface area contributed by atoms with Gasteiger partial charge in [0.15, 0.2) is 0 Å². The van der Waals surface area contributed by atoms with Crippen molar-refractivity contribution >= 4 is 11.8 Å². The van der Waals surface area contributed by atoms with Crippen LogP contribution < -0.4 is 11.1 Å². The molecule has 0 aliphatic rings. The summed E-state index contributed by atoms with van der Waals surface area (Å²) in [5.41, 5.74) is 10.6. The average molecular weight is 357 g/mol. The quantitative estimate of drug-likeness (QED) is 0.602. The Balaban J connectivity index is 2.37. The number of aliphatic hydroxyl groups excluding tert-OH is 1. The number of aliphatic hydroxyl groups is 1. The molecule has 2 aromatic rings. The number of aromatic nitrogens is 2. The fourth-order valence-corrected chi connectivity index (χ4v) is 3.23. The summed E-state index contributed by atoms with van der Waals surface area (Å²) in [5, 5.41) is 13.0. The van der Waals surface area contributed by atoms with Gasteiger partial charge in [0.2, 0.25) is 5.95 Å². The van der Waals surface area contributed by atoms with Crippen molar-refractivity contribution in [3.8, 4) is 0 Å². The third-order valence-electron chi connectivity index (χ3n) is 4.80. The van der Waals surface area contributed by atoms with Crippen molar-refractivity contribution in [1.29, 1.82) is 0 Å². The summed E-state index contributed by atoms with van der Waals surface area (Å²) in [7, 11) is 0. The smallest absolute Gasteiger partial charge is 0.222 e. The second kappa shape index (κ2) is 10.1. The first kappa shape index (κ1) is 20.2. The van der Waals surface area contributed by atoms with Crippen LogP contribution in [0.3, 0.4) is 0 Å². The molecule has 4 N–H and O–H groups in total. The van der Waals surface area contributed by atoms with Crippen LogP contribution >= 0.6 is 0 Å². The number of nitrogen functional groups attached to an aromatic ring is 1. The number of nitrogens with zero attached hydrogens (tertiary/aromatic N) is 2. The van der Waals surface area contributed by atoms with Gasteiger partial charge in [-0.15, -0.1) is 0 Å². The standard InChI is InChI=1S/C21H32N4O/c1-4-6-11-17(12-13-26)23-20-18(19(5-2)24-21(22)25-20)14-16-10-8-7-9-15(16)3/h7-10,17,26H,4-6,11-14H2,1-3H3,(H3,22,23,24,25)/t17-/m0/s1. The van der Waals surface area contributed by atoms with E-state index < -0.39 is 0 Å². The van der Waals surface area contributed by atoms with Gasteiger partial charge in [-0.2, -0.15) is 4.98 Å². The number of aryl methyl sites for hydroxylation is 2. The summed E-state index contributed by atoms with van der Waals surface area (Å²) in [5.74, 6) is 1.11. The fourth-order valence-electron chi connectivity index (χ4n) is 3.23. The summed E-state index contributed by atoms with van der Waals surface area (Å²) in [4.78, 5) is 8.98. The van der Waals surface area contributed by atoms with Crippen LogP contribution in [0.5, 0.6) is 0 Å². The molecule has 0 amide bonds. The highest BCUT2D eigenvalue weighted by Gasteiger charge is 2.17. The zero-order valence-corrected chi connectivity index (χ0v) is 16.3. The van der Waals surface area contributed by atoms with Gasteiger partial charge in [0.1, 0.15) is 5.82 Å². The number of hydrogen-bond acceptors (Lipinski definition) is 5. The zero-order valence-electron chi connectivity index (χ0n) is 16.3. The van der Waals surface area contributed by atoms with Crippen LogP contribution in [0.2, 0.25) is 0 Å². The maximum Gasteiger partial charge on any atom is 0.222 e. The van der Waals surface area contributed by atoms with E-state index in [2.05, 4.69) is 60.3 Å². The molecule has 0 fully saturated rings. The number of rotatable bonds is 10. The van der Waals surface area contributed by atoms with E-state index in [9.17, 15) is 5.11 Å². The number of nitrogens with two attached hydrogens (primary N) is 1. The molecule has 0 radical (unpaired) electrons. The molecule has 0 saturated carbocycles. The summed E-state index contributed by atoms with van der Waals surface area (Å²) >= 11 is 0. The van der Waals surface area contributed by atoms with Crippen LogP contribution in [-0.4, -0.2) is 27.7 Å². The predicted octanol–water partition coefficient (Wildman–Crippen LogP) is 3.87. The third-order valence-corrected chi connectivity index (χ3v) is 4.80. The Kier molecular flexibility index (Phi) is 7.85. The van der Waals surface area contributed by atoms with Crippen molar-refractivity contribution in [2.24, 2.45) is 0 Å². The van der Waals surface area contributed by atoms with Crippen LogP contribution in [0.15, 0.2) is 24.3 Å². The molecule has 26 heavy (non-hydrogen) atoms. The summed E-state index contributed by atoms with van der Waals surface area (Å²) in [6, 6.07) is 8.59. The Morgan fingerprint density at radius 2 is 1.92 bits per heavy atom. The molecule has 5 nitrogen and oxygen atoms in total. The second-order valence-corrected chi connectivity index (χ2v) is 6.81. The maximum absolute atomic E-state index is 9.41. The second-order valence-electron chi connectivity index (χ2n) is 6.81. The Morgan fingerprint density at radius 1 is 1.15 bits per heavy atom. The monoisotopic (exact) mass is 356 g/mol. The van der Waals surface area contributed by atoms with Crippen LogP contribution in [0.1, 0.15) is 61.9 Å². The molecule has 5 heteroatoms. The Labute approximate surface area is 157 Å². The van der Waals surface area contributed by atoms with Gasteiger partial charge in [0, 0.05) is 24.6 Å². The van der Waals surface area contributed by atoms with E-state index in [4.69, 9.17) is 5.73 Å². The van der Waals surface area contributed by atoms with Crippen LogP contribution in [0.4, 0.5) is 11.8 Å². The van der Waals surface area contributed by atoms with Gasteiger partial charge in [0.25, 0.3) is 0 Å². The average Bonchev–Trinajstić information content (AvgIpc) is 2.63. The molecule has 0 aliphatic carbocycles. The van der Waals surface area contributed by atoms with Crippen molar-refractivity contribution < 1.29 is 5.11 Å². The SMILES string of the molecule is CCCC[C@@H](CCO)Nc1nc(N)nc(CC)c1Cc1ccccc1C. The first-order chi connectivity index (χ1) is 12.6. The van der Waals surface area contributed by atoms with Gasteiger partial charge in [-0.25, -0.2) is 4.98 Å². The summed E-state index contributed by atoms with van der Waals surface area (Å²) < 4.78 is 0. The van der Waals surface area contributed by atoms with Gasteiger partial charge in [-0.05, 0) is 37.3 Å². The lowest BCUT2D eigenvalue weighted by atomic mass is 9.98. The number of benzene rings is 1. The van der Waals surface area contributed by atoms with Crippen LogP contribution in [0, 0.1) is 6.92 Å². The Morgan fingerprint density at radius 3 is 2.58 bits per heavy atom. The minimum absolute atomic E-state index is 0.162. The lowest BCUT2D eigenvalue weighted by Crippen LogP contribution is -2.24. The first-order valence-electron chi connectivity index (χ1n) is 9.66. The summed E-state index contributed by atoms with van der Waals surface area (Å²) in [6.45, 7) is 6.56. The molecular formula is C21H32N4O. The largest absolute Gasteiger partial charge is 0.396 e. The van der Waals surface area contributed by atoms with E-state index in [-0.39, 0.29) is 12.6 Å². The molecule has 0 bridgehead atoms. The van der Waals surface area contributed by atoms with Gasteiger partial charge in [-0.3, -0.25) is 0 Å². The van der Waals surface area contributed by atoms with E-state index in [0.717, 1.165) is 49.2 Å². The zero-order chi connectivity index (χ0) is 18.9. The minimum Gasteiger partial charge on any atom is -0.396 e. The van der Waals surface area contributed by atoms with Gasteiger partial charge < -0.3 is 16.2 Å². The molecule has 1 aromatic heterocycles. The molecule has 142 valence electrons. The van der Waals surface area contributed by atoms with Crippen molar-refractivity contribution in [2.75, 3.05) is 17.7 Å². The maximum atomic E-state index is 9.41. The highest BCUT2D eigenvalue weighted by atomic mass is 16.3. The van der Waals surface area contributed by atoms with Crippen molar-refractivity contribution in [3.63, 3.8) is 0 Å². The Hall–Kier alpha value is -2.14. The molecular weight excluding hydrogens is 324 g/mol. The van der Waals surface area contributed by atoms with E-state index in [1.165, 1.54) is 11.1 Å². The molecule has 0 spiro atoms. The number of anilines is 2. The van der Waals surface area contributed by atoms with Gasteiger partial charge in [-0.1, -0.05) is 51.0 Å². The van der Waals surface area contributed by atoms with Crippen LogP contribution in [-0.2, 0) is 12.8 Å². The number of unbranched alkanes of at least 4 members (excludes halogenated alkanes) is 1. The minimum atomic E-state index is 0.162. The molecule has 0 aliphatic heterocycles. The molecule has 1 aromatic carbocycles. The lowest BCUT2D eigenvalue weighted by Gasteiger charge is -2.22. The third kappa shape index (κ3) is 5.43. The fraction of sp³-hybridized carbons (Fsp3) is 0.524. The van der Waals surface area contributed by atoms with Gasteiger partial charge in [0.05, 0.1) is 5.69 Å². The first-order valence-corrected chi connectivity index (χ1v) is 9.66. The lowest BCUT2D eigenvalue weighted by molar-refractivity contribution is 0.276. The van der Waals surface area contributed by atoms with E-state index in [0.29, 0.717) is 12.4 Å². The predicted molar refractivity (Wildman–Crippen MR) is 108 cm³/mol. The van der Waals surface area contributed by atoms with Gasteiger partial charge >= 0.3 is 0 Å². The number of hydrogen-bond donors (Lipinski definition) is 3. The van der Waals surface area contributed by atoms with E-state index in [1.807, 2.05) is 0 Å². The highest BCUT2D eigenvalue weighted by molar-refractivity contribution is 5.53. The van der Waals surface area contributed by atoms with E-state index >= 15 is 0 Å². The van der Waals surface area contributed by atoms with Crippen molar-refractivity contribution in [2.45, 2.75) is 65.3 Å². The molecule has 2 rings (SSSR count). The normalized spacial score (nSPS) is 12.2. The van der Waals surface area contributed by atoms with Crippen molar-refractivity contribution in [3.05, 3.63) is 46.6 Å². The molecule has 0 unspecified atom stereocenters. The topological polar surface area (TPSA) is 84.1 Å². The van der Waals surface area contributed by atoms with E-state index in [1.54, 1.807) is 0 Å². The highest BCUT2D eigenvalue weighted by Crippen LogP contribution is 2.25. The molecule has 1 atom stereocenters. The molecule has 0 saturated heterocycles. The van der Waals surface area contributed by atoms with Crippen LogP contribution in [0.25, 0.3) is 0 Å².